The number of nitrogens with one attached hydrogen (secondary N) is 1. The minimum absolute atomic E-state index is 0.114. The van der Waals surface area contributed by atoms with E-state index >= 15 is 0 Å². The van der Waals surface area contributed by atoms with Crippen LogP contribution in [-0.4, -0.2) is 69.3 Å². The molecule has 6 rings (SSSR count). The number of rotatable bonds is 4. The van der Waals surface area contributed by atoms with Crippen LogP contribution in [0.1, 0.15) is 47.3 Å². The Morgan fingerprint density at radius 1 is 1.15 bits per heavy atom. The van der Waals surface area contributed by atoms with E-state index < -0.39 is 6.04 Å². The number of likely N-dealkylation sites (tertiary alicyclic amines) is 1. The normalized spacial score (nSPS) is 24.4. The lowest BCUT2D eigenvalue weighted by molar-refractivity contribution is -0.136. The van der Waals surface area contributed by atoms with Gasteiger partial charge in [-0.15, -0.1) is 0 Å². The molecule has 5 heterocycles. The van der Waals surface area contributed by atoms with E-state index in [1.54, 1.807) is 4.90 Å². The average Bonchev–Trinajstić information content (AvgIpc) is 3.35. The van der Waals surface area contributed by atoms with Crippen molar-refractivity contribution < 1.29 is 14.4 Å². The van der Waals surface area contributed by atoms with Crippen LogP contribution >= 0.6 is 0 Å². The fourth-order valence-corrected chi connectivity index (χ4v) is 5.97. The van der Waals surface area contributed by atoms with E-state index in [1.165, 1.54) is 18.5 Å². The number of amides is 3. The monoisotopic (exact) mass is 462 g/mol. The van der Waals surface area contributed by atoms with Crippen LogP contribution in [0, 0.1) is 5.41 Å². The van der Waals surface area contributed by atoms with Gasteiger partial charge in [0.2, 0.25) is 11.8 Å². The summed E-state index contributed by atoms with van der Waals surface area (Å²) in [5.74, 6) is -0.740. The lowest BCUT2D eigenvalue weighted by Crippen LogP contribution is -2.60. The van der Waals surface area contributed by atoms with Crippen molar-refractivity contribution in [2.75, 3.05) is 31.1 Å². The van der Waals surface area contributed by atoms with Gasteiger partial charge in [0.05, 0.1) is 12.0 Å². The highest BCUT2D eigenvalue weighted by Gasteiger charge is 2.45. The van der Waals surface area contributed by atoms with Crippen LogP contribution in [0.25, 0.3) is 0 Å². The molecule has 9 nitrogen and oxygen atoms in total. The summed E-state index contributed by atoms with van der Waals surface area (Å²) in [5, 5.41) is 2.36. The van der Waals surface area contributed by atoms with Crippen molar-refractivity contribution in [1.29, 1.82) is 0 Å². The summed E-state index contributed by atoms with van der Waals surface area (Å²) in [5.41, 5.74) is 4.44. The highest BCUT2D eigenvalue weighted by Crippen LogP contribution is 2.43. The van der Waals surface area contributed by atoms with Gasteiger partial charge < -0.3 is 14.4 Å². The van der Waals surface area contributed by atoms with Gasteiger partial charge in [-0.2, -0.15) is 0 Å². The van der Waals surface area contributed by atoms with Crippen molar-refractivity contribution in [3.63, 3.8) is 0 Å². The van der Waals surface area contributed by atoms with E-state index in [0.717, 1.165) is 44.0 Å². The van der Waals surface area contributed by atoms with Crippen LogP contribution in [0.5, 0.6) is 0 Å². The summed E-state index contributed by atoms with van der Waals surface area (Å²) in [7, 11) is 2.05. The Morgan fingerprint density at radius 3 is 2.65 bits per heavy atom. The molecule has 9 heteroatoms. The van der Waals surface area contributed by atoms with Gasteiger partial charge in [-0.3, -0.25) is 24.6 Å². The van der Waals surface area contributed by atoms with Gasteiger partial charge in [0.15, 0.2) is 0 Å². The first-order valence-electron chi connectivity index (χ1n) is 12.1. The first-order chi connectivity index (χ1) is 16.4. The molecule has 1 aromatic heterocycles. The second kappa shape index (κ2) is 7.94. The predicted molar refractivity (Wildman–Crippen MR) is 125 cm³/mol. The molecule has 1 N–H and O–H groups in total. The van der Waals surface area contributed by atoms with E-state index in [-0.39, 0.29) is 24.1 Å². The zero-order valence-electron chi connectivity index (χ0n) is 19.5. The number of fused-ring (bicyclic) bond motifs is 1. The molecule has 1 unspecified atom stereocenters. The molecule has 3 saturated heterocycles. The van der Waals surface area contributed by atoms with Crippen LogP contribution in [-0.2, 0) is 29.7 Å². The van der Waals surface area contributed by atoms with Crippen LogP contribution in [0.2, 0.25) is 0 Å². The summed E-state index contributed by atoms with van der Waals surface area (Å²) in [6, 6.07) is 5.49. The molecule has 3 fully saturated rings. The molecule has 0 aliphatic carbocycles. The molecule has 0 bridgehead atoms. The SMILES string of the molecule is Cn1cncc1CN1CCC2(CC1)CN(c1ccc3c(c1)CN(C1CCC(=O)NC1=O)C3=O)C2. The highest BCUT2D eigenvalue weighted by atomic mass is 16.2. The number of anilines is 1. The van der Waals surface area contributed by atoms with Crippen LogP contribution in [0.4, 0.5) is 5.69 Å². The second-order valence-electron chi connectivity index (χ2n) is 10.4. The number of imidazole rings is 1. The number of benzene rings is 1. The van der Waals surface area contributed by atoms with Gasteiger partial charge >= 0.3 is 0 Å². The molecule has 34 heavy (non-hydrogen) atoms. The molecule has 4 aliphatic heterocycles. The Hall–Kier alpha value is -3.20. The van der Waals surface area contributed by atoms with E-state index in [1.807, 2.05) is 31.7 Å². The fraction of sp³-hybridized carbons (Fsp3) is 0.520. The maximum atomic E-state index is 12.9. The molecule has 1 aromatic carbocycles. The van der Waals surface area contributed by atoms with Crippen molar-refractivity contribution >= 4 is 23.4 Å². The Bertz CT molecular complexity index is 1160. The largest absolute Gasteiger partial charge is 0.370 e. The Labute approximate surface area is 198 Å². The third-order valence-electron chi connectivity index (χ3n) is 8.14. The van der Waals surface area contributed by atoms with E-state index in [9.17, 15) is 14.4 Å². The minimum Gasteiger partial charge on any atom is -0.370 e. The van der Waals surface area contributed by atoms with Gasteiger partial charge in [0.1, 0.15) is 6.04 Å². The van der Waals surface area contributed by atoms with Crippen molar-refractivity contribution in [3.05, 3.63) is 47.5 Å². The molecule has 2 aromatic rings. The van der Waals surface area contributed by atoms with Gasteiger partial charge in [-0.05, 0) is 56.1 Å². The molecular weight excluding hydrogens is 432 g/mol. The van der Waals surface area contributed by atoms with E-state index in [4.69, 9.17) is 0 Å². The number of hydrogen-bond donors (Lipinski definition) is 1. The average molecular weight is 463 g/mol. The molecule has 3 amide bonds. The van der Waals surface area contributed by atoms with Crippen molar-refractivity contribution in [2.24, 2.45) is 12.5 Å². The molecule has 1 atom stereocenters. The first kappa shape index (κ1) is 21.3. The number of nitrogens with zero attached hydrogens (tertiary/aromatic N) is 5. The quantitative estimate of drug-likeness (QED) is 0.689. The molecule has 0 radical (unpaired) electrons. The van der Waals surface area contributed by atoms with E-state index in [2.05, 4.69) is 30.7 Å². The van der Waals surface area contributed by atoms with Gasteiger partial charge in [-0.1, -0.05) is 0 Å². The van der Waals surface area contributed by atoms with Crippen molar-refractivity contribution in [3.8, 4) is 0 Å². The third-order valence-corrected chi connectivity index (χ3v) is 8.14. The predicted octanol–water partition coefficient (Wildman–Crippen LogP) is 1.28. The van der Waals surface area contributed by atoms with Crippen molar-refractivity contribution in [2.45, 2.75) is 44.8 Å². The van der Waals surface area contributed by atoms with Gasteiger partial charge in [0.25, 0.3) is 5.91 Å². The minimum atomic E-state index is -0.565. The molecular formula is C25H30N6O3. The van der Waals surface area contributed by atoms with Crippen molar-refractivity contribution in [1.82, 2.24) is 24.7 Å². The fourth-order valence-electron chi connectivity index (χ4n) is 5.97. The number of carbonyl (C=O) groups excluding carboxylic acids is 3. The molecule has 178 valence electrons. The highest BCUT2D eigenvalue weighted by molar-refractivity contribution is 6.05. The summed E-state index contributed by atoms with van der Waals surface area (Å²) in [6.07, 6.45) is 6.89. The van der Waals surface area contributed by atoms with Crippen LogP contribution < -0.4 is 10.2 Å². The van der Waals surface area contributed by atoms with Crippen LogP contribution in [0.3, 0.4) is 0 Å². The first-order valence-corrected chi connectivity index (χ1v) is 12.1. The number of aryl methyl sites for hydroxylation is 1. The summed E-state index contributed by atoms with van der Waals surface area (Å²) in [4.78, 5) is 47.5. The maximum absolute atomic E-state index is 12.9. The smallest absolute Gasteiger partial charge is 0.255 e. The Balaban J connectivity index is 1.07. The molecule has 4 aliphatic rings. The number of piperidine rings is 2. The number of hydrogen-bond acceptors (Lipinski definition) is 6. The van der Waals surface area contributed by atoms with Gasteiger partial charge in [0, 0.05) is 62.5 Å². The standard InChI is InChI=1S/C25H30N6O3/c1-28-16-26-11-19(28)13-29-8-6-25(7-9-29)14-30(15-25)18-2-3-20-17(10-18)12-31(24(20)34)21-4-5-22(32)27-23(21)33/h2-3,10-11,16,21H,4-9,12-15H2,1H3,(H,27,32,33). The molecule has 1 spiro atoms. The summed E-state index contributed by atoms with van der Waals surface area (Å²) in [6.45, 7) is 5.71. The maximum Gasteiger partial charge on any atom is 0.255 e. The lowest BCUT2D eigenvalue weighted by atomic mass is 9.71. The summed E-state index contributed by atoms with van der Waals surface area (Å²) >= 11 is 0. The third kappa shape index (κ3) is 3.58. The topological polar surface area (TPSA) is 90.8 Å². The van der Waals surface area contributed by atoms with Gasteiger partial charge in [-0.25, -0.2) is 4.98 Å². The number of carbonyl (C=O) groups is 3. The van der Waals surface area contributed by atoms with E-state index in [0.29, 0.717) is 23.9 Å². The number of aromatic nitrogens is 2. The molecule has 0 saturated carbocycles. The number of imide groups is 1. The zero-order valence-corrected chi connectivity index (χ0v) is 19.5. The Morgan fingerprint density at radius 2 is 1.94 bits per heavy atom. The lowest BCUT2D eigenvalue weighted by Gasteiger charge is -2.55. The Kier molecular flexibility index (Phi) is 4.98. The van der Waals surface area contributed by atoms with Crippen LogP contribution in [0.15, 0.2) is 30.7 Å². The second-order valence-corrected chi connectivity index (χ2v) is 10.4. The summed E-state index contributed by atoms with van der Waals surface area (Å²) < 4.78 is 2.09. The zero-order chi connectivity index (χ0) is 23.4.